The fourth-order valence-corrected chi connectivity index (χ4v) is 1.76. The van der Waals surface area contributed by atoms with Gasteiger partial charge in [-0.25, -0.2) is 4.39 Å². The summed E-state index contributed by atoms with van der Waals surface area (Å²) in [7, 11) is 0. The quantitative estimate of drug-likeness (QED) is 0.732. The van der Waals surface area contributed by atoms with Gasteiger partial charge in [0.25, 0.3) is 0 Å². The summed E-state index contributed by atoms with van der Waals surface area (Å²) in [5, 5.41) is 3.31. The van der Waals surface area contributed by atoms with Crippen LogP contribution in [0.3, 0.4) is 0 Å². The molecule has 0 aromatic heterocycles. The molecule has 84 valence electrons. The first-order chi connectivity index (χ1) is 7.27. The van der Waals surface area contributed by atoms with Crippen LogP contribution in [0.2, 0.25) is 0 Å². The number of allylic oxidation sites excluding steroid dienone is 3. The van der Waals surface area contributed by atoms with Gasteiger partial charge in [-0.2, -0.15) is 0 Å². The topological polar surface area (TPSA) is 38.0 Å². The maximum atomic E-state index is 13.4. The van der Waals surface area contributed by atoms with Crippen molar-refractivity contribution >= 4 is 0 Å². The van der Waals surface area contributed by atoms with Crippen molar-refractivity contribution in [2.24, 2.45) is 5.73 Å². The highest BCUT2D eigenvalue weighted by Crippen LogP contribution is 2.21. The zero-order chi connectivity index (χ0) is 11.1. The normalized spacial score (nSPS) is 24.5. The summed E-state index contributed by atoms with van der Waals surface area (Å²) in [6.07, 6.45) is 6.15. The number of rotatable bonds is 2. The maximum absolute atomic E-state index is 13.4. The Hall–Kier alpha value is -0.930. The highest BCUT2D eigenvalue weighted by Gasteiger charge is 2.10. The average Bonchev–Trinajstić information content (AvgIpc) is 2.21. The van der Waals surface area contributed by atoms with Crippen LogP contribution < -0.4 is 11.1 Å². The molecule has 0 aromatic carbocycles. The molecular formula is C12H19FN2. The Labute approximate surface area is 90.7 Å². The third-order valence-electron chi connectivity index (χ3n) is 2.54. The zero-order valence-electron chi connectivity index (χ0n) is 9.06. The predicted molar refractivity (Wildman–Crippen MR) is 62.2 cm³/mol. The molecule has 1 aliphatic rings. The van der Waals surface area contributed by atoms with Crippen LogP contribution in [0.15, 0.2) is 35.7 Å². The minimum absolute atomic E-state index is 0.0180. The zero-order valence-corrected chi connectivity index (χ0v) is 9.06. The Morgan fingerprint density at radius 3 is 3.07 bits per heavy atom. The van der Waals surface area contributed by atoms with Crippen LogP contribution in [0.1, 0.15) is 19.3 Å². The first-order valence-corrected chi connectivity index (χ1v) is 5.35. The molecule has 1 fully saturated rings. The van der Waals surface area contributed by atoms with E-state index in [-0.39, 0.29) is 12.4 Å². The van der Waals surface area contributed by atoms with E-state index in [9.17, 15) is 4.39 Å². The van der Waals surface area contributed by atoms with E-state index < -0.39 is 0 Å². The van der Waals surface area contributed by atoms with E-state index in [1.807, 2.05) is 6.08 Å². The number of hydrogen-bond donors (Lipinski definition) is 2. The third kappa shape index (κ3) is 3.98. The van der Waals surface area contributed by atoms with Gasteiger partial charge < -0.3 is 11.1 Å². The van der Waals surface area contributed by atoms with E-state index in [4.69, 9.17) is 5.73 Å². The fourth-order valence-electron chi connectivity index (χ4n) is 1.76. The van der Waals surface area contributed by atoms with Gasteiger partial charge in [-0.15, -0.1) is 0 Å². The van der Waals surface area contributed by atoms with Crippen LogP contribution in [0.25, 0.3) is 0 Å². The second-order valence-electron chi connectivity index (χ2n) is 3.73. The first kappa shape index (κ1) is 12.1. The summed E-state index contributed by atoms with van der Waals surface area (Å²) >= 11 is 0. The van der Waals surface area contributed by atoms with Crippen molar-refractivity contribution in [2.45, 2.75) is 19.3 Å². The summed E-state index contributed by atoms with van der Waals surface area (Å²) in [4.78, 5) is 0. The standard InChI is InChI=1S/C12H19FN2/c1-2-4-10-7-11(12(13)8-14)5-3-6-15-9-10/h2,4,15H,1,3,5-9,14H2/b10-4+,12-11+. The van der Waals surface area contributed by atoms with E-state index in [1.165, 1.54) is 5.57 Å². The molecule has 0 aromatic rings. The van der Waals surface area contributed by atoms with Crippen molar-refractivity contribution in [2.75, 3.05) is 19.6 Å². The van der Waals surface area contributed by atoms with Crippen LogP contribution in [0.5, 0.6) is 0 Å². The number of nitrogens with two attached hydrogens (primary N) is 1. The van der Waals surface area contributed by atoms with Gasteiger partial charge in [-0.3, -0.25) is 0 Å². The molecule has 0 atom stereocenters. The molecule has 3 N–H and O–H groups in total. The lowest BCUT2D eigenvalue weighted by Gasteiger charge is -2.17. The van der Waals surface area contributed by atoms with E-state index in [1.54, 1.807) is 6.08 Å². The molecule has 0 amide bonds. The summed E-state index contributed by atoms with van der Waals surface area (Å²) in [6.45, 7) is 5.42. The van der Waals surface area contributed by atoms with Crippen molar-refractivity contribution in [3.63, 3.8) is 0 Å². The predicted octanol–water partition coefficient (Wildman–Crippen LogP) is 2.05. The molecule has 1 rings (SSSR count). The Morgan fingerprint density at radius 2 is 2.40 bits per heavy atom. The van der Waals surface area contributed by atoms with Crippen LogP contribution in [0.4, 0.5) is 4.39 Å². The fraction of sp³-hybridized carbons (Fsp3) is 0.500. The molecule has 1 aliphatic heterocycles. The first-order valence-electron chi connectivity index (χ1n) is 5.35. The number of hydrogen-bond acceptors (Lipinski definition) is 2. The molecular weight excluding hydrogens is 191 g/mol. The van der Waals surface area contributed by atoms with Crippen LogP contribution in [-0.2, 0) is 0 Å². The van der Waals surface area contributed by atoms with Crippen molar-refractivity contribution in [3.8, 4) is 0 Å². The summed E-state index contributed by atoms with van der Waals surface area (Å²) < 4.78 is 13.4. The Balaban J connectivity index is 2.79. The van der Waals surface area contributed by atoms with Crippen molar-refractivity contribution in [1.29, 1.82) is 0 Å². The third-order valence-corrected chi connectivity index (χ3v) is 2.54. The highest BCUT2D eigenvalue weighted by atomic mass is 19.1. The minimum atomic E-state index is -0.146. The van der Waals surface area contributed by atoms with Crippen molar-refractivity contribution < 1.29 is 4.39 Å². The lowest BCUT2D eigenvalue weighted by atomic mass is 9.97. The van der Waals surface area contributed by atoms with Crippen LogP contribution in [0, 0.1) is 0 Å². The Morgan fingerprint density at radius 1 is 1.60 bits per heavy atom. The van der Waals surface area contributed by atoms with E-state index in [2.05, 4.69) is 11.9 Å². The van der Waals surface area contributed by atoms with Gasteiger partial charge in [0, 0.05) is 13.1 Å². The van der Waals surface area contributed by atoms with Gasteiger partial charge in [-0.05, 0) is 31.4 Å². The second kappa shape index (κ2) is 6.53. The number of halogens is 1. The van der Waals surface area contributed by atoms with Crippen molar-refractivity contribution in [3.05, 3.63) is 35.7 Å². The average molecular weight is 210 g/mol. The van der Waals surface area contributed by atoms with Crippen LogP contribution >= 0.6 is 0 Å². The molecule has 15 heavy (non-hydrogen) atoms. The number of nitrogens with one attached hydrogen (secondary N) is 1. The Kier molecular flexibility index (Phi) is 5.29. The van der Waals surface area contributed by atoms with Gasteiger partial charge in [0.15, 0.2) is 0 Å². The molecule has 1 saturated heterocycles. The Bertz CT molecular complexity index is 279. The van der Waals surface area contributed by atoms with Gasteiger partial charge >= 0.3 is 0 Å². The smallest absolute Gasteiger partial charge is 0.113 e. The summed E-state index contributed by atoms with van der Waals surface area (Å²) in [5.41, 5.74) is 7.35. The van der Waals surface area contributed by atoms with E-state index >= 15 is 0 Å². The monoisotopic (exact) mass is 210 g/mol. The lowest BCUT2D eigenvalue weighted by molar-refractivity contribution is 0.569. The van der Waals surface area contributed by atoms with Crippen molar-refractivity contribution in [1.82, 2.24) is 5.32 Å². The minimum Gasteiger partial charge on any atom is -0.325 e. The van der Waals surface area contributed by atoms with Gasteiger partial charge in [-0.1, -0.05) is 24.3 Å². The van der Waals surface area contributed by atoms with Gasteiger partial charge in [0.1, 0.15) is 5.83 Å². The molecule has 2 nitrogen and oxygen atoms in total. The van der Waals surface area contributed by atoms with E-state index in [0.717, 1.165) is 31.5 Å². The second-order valence-corrected chi connectivity index (χ2v) is 3.73. The lowest BCUT2D eigenvalue weighted by Crippen LogP contribution is -2.21. The van der Waals surface area contributed by atoms with Gasteiger partial charge in [0.05, 0.1) is 0 Å². The van der Waals surface area contributed by atoms with Gasteiger partial charge in [0.2, 0.25) is 0 Å². The molecule has 0 aliphatic carbocycles. The maximum Gasteiger partial charge on any atom is 0.113 e. The molecule has 0 radical (unpaired) electrons. The van der Waals surface area contributed by atoms with E-state index in [0.29, 0.717) is 6.42 Å². The molecule has 0 saturated carbocycles. The molecule has 1 heterocycles. The molecule has 0 bridgehead atoms. The molecule has 3 heteroatoms. The molecule has 0 spiro atoms. The largest absolute Gasteiger partial charge is 0.325 e. The summed E-state index contributed by atoms with van der Waals surface area (Å²) in [5.74, 6) is -0.146. The SMILES string of the molecule is C=C/C=C1/CNCCC/C(=C(\F)CN)C1. The summed E-state index contributed by atoms with van der Waals surface area (Å²) in [6, 6.07) is 0. The molecule has 0 unspecified atom stereocenters. The highest BCUT2D eigenvalue weighted by molar-refractivity contribution is 5.23. The van der Waals surface area contributed by atoms with Crippen LogP contribution in [-0.4, -0.2) is 19.6 Å².